The number of nitrogens with two attached hydrogens (primary N) is 1. The molecule has 3 N–H and O–H groups in total. The van der Waals surface area contributed by atoms with Gasteiger partial charge < -0.3 is 15.4 Å². The first-order chi connectivity index (χ1) is 6.31. The van der Waals surface area contributed by atoms with Crippen LogP contribution >= 0.6 is 0 Å². The van der Waals surface area contributed by atoms with Crippen molar-refractivity contribution in [3.63, 3.8) is 0 Å². The van der Waals surface area contributed by atoms with Crippen LogP contribution in [0.5, 0.6) is 0 Å². The number of hydrogen-bond donors (Lipinski definition) is 2. The second-order valence-electron chi connectivity index (χ2n) is 2.51. The van der Waals surface area contributed by atoms with Crippen molar-refractivity contribution in [3.8, 4) is 0 Å². The van der Waals surface area contributed by atoms with E-state index in [-0.39, 0.29) is 5.84 Å². The van der Waals surface area contributed by atoms with E-state index in [4.69, 9.17) is 15.4 Å². The van der Waals surface area contributed by atoms with Crippen molar-refractivity contribution in [1.82, 2.24) is 4.98 Å². The summed E-state index contributed by atoms with van der Waals surface area (Å²) in [7, 11) is 0. The highest BCUT2D eigenvalue weighted by Gasteiger charge is 2.06. The van der Waals surface area contributed by atoms with E-state index in [2.05, 4.69) is 10.1 Å². The van der Waals surface area contributed by atoms with Crippen LogP contribution in [0.15, 0.2) is 34.1 Å². The lowest BCUT2D eigenvalue weighted by Gasteiger charge is -1.88. The van der Waals surface area contributed by atoms with Gasteiger partial charge in [-0.05, 0) is 12.1 Å². The molecule has 66 valence electrons. The highest BCUT2D eigenvalue weighted by molar-refractivity contribution is 5.98. The van der Waals surface area contributed by atoms with Crippen molar-refractivity contribution in [3.05, 3.63) is 30.3 Å². The van der Waals surface area contributed by atoms with Crippen LogP contribution in [0.2, 0.25) is 0 Å². The number of amidine groups is 1. The molecule has 13 heavy (non-hydrogen) atoms. The Hall–Kier alpha value is -2.04. The van der Waals surface area contributed by atoms with Gasteiger partial charge in [0.2, 0.25) is 5.84 Å². The highest BCUT2D eigenvalue weighted by Crippen LogP contribution is 2.17. The van der Waals surface area contributed by atoms with Crippen LogP contribution < -0.4 is 5.73 Å². The molecule has 5 heteroatoms. The summed E-state index contributed by atoms with van der Waals surface area (Å²) in [5, 5.41) is 12.1. The van der Waals surface area contributed by atoms with E-state index >= 15 is 0 Å². The third-order valence-electron chi connectivity index (χ3n) is 1.68. The number of aromatic nitrogens is 1. The fourth-order valence-electron chi connectivity index (χ4n) is 1.06. The predicted molar refractivity (Wildman–Crippen MR) is 46.5 cm³/mol. The van der Waals surface area contributed by atoms with Crippen molar-refractivity contribution >= 4 is 16.8 Å². The van der Waals surface area contributed by atoms with Gasteiger partial charge in [-0.3, -0.25) is 4.98 Å². The zero-order chi connectivity index (χ0) is 9.26. The molecule has 0 aromatic carbocycles. The SMILES string of the molecule is N/C(=N\O)c1cc2cnccc2o1. The van der Waals surface area contributed by atoms with Crippen molar-refractivity contribution in [2.75, 3.05) is 0 Å². The molecule has 0 bridgehead atoms. The van der Waals surface area contributed by atoms with Gasteiger partial charge in [0.05, 0.1) is 0 Å². The number of hydrogen-bond acceptors (Lipinski definition) is 4. The molecule has 2 heterocycles. The standard InChI is InChI=1S/C8H7N3O2/c9-8(11-12)7-3-5-4-10-2-1-6(5)13-7/h1-4,12H,(H2,9,11). The third kappa shape index (κ3) is 1.20. The number of fused-ring (bicyclic) bond motifs is 1. The maximum Gasteiger partial charge on any atom is 0.205 e. The van der Waals surface area contributed by atoms with E-state index in [0.717, 1.165) is 5.39 Å². The van der Waals surface area contributed by atoms with Crippen LogP contribution in [0.25, 0.3) is 11.0 Å². The summed E-state index contributed by atoms with van der Waals surface area (Å²) in [5.41, 5.74) is 6.01. The number of oxime groups is 1. The molecule has 5 nitrogen and oxygen atoms in total. The van der Waals surface area contributed by atoms with E-state index in [1.54, 1.807) is 24.5 Å². The summed E-state index contributed by atoms with van der Waals surface area (Å²) in [6.45, 7) is 0. The molecular formula is C8H7N3O2. The monoisotopic (exact) mass is 177 g/mol. The van der Waals surface area contributed by atoms with Crippen LogP contribution in [-0.2, 0) is 0 Å². The maximum atomic E-state index is 8.40. The van der Waals surface area contributed by atoms with E-state index < -0.39 is 0 Å². The second-order valence-corrected chi connectivity index (χ2v) is 2.51. The fraction of sp³-hybridized carbons (Fsp3) is 0. The number of nitrogens with zero attached hydrogens (tertiary/aromatic N) is 2. The van der Waals surface area contributed by atoms with Gasteiger partial charge in [-0.25, -0.2) is 0 Å². The van der Waals surface area contributed by atoms with E-state index in [9.17, 15) is 0 Å². The molecule has 0 saturated heterocycles. The van der Waals surface area contributed by atoms with E-state index in [0.29, 0.717) is 11.3 Å². The third-order valence-corrected chi connectivity index (χ3v) is 1.68. The Labute approximate surface area is 73.5 Å². The number of furan rings is 1. The Morgan fingerprint density at radius 3 is 3.15 bits per heavy atom. The van der Waals surface area contributed by atoms with Gasteiger partial charge in [-0.1, -0.05) is 5.16 Å². The minimum absolute atomic E-state index is 0.0452. The summed E-state index contributed by atoms with van der Waals surface area (Å²) < 4.78 is 5.26. The van der Waals surface area contributed by atoms with Gasteiger partial charge in [0.25, 0.3) is 0 Å². The lowest BCUT2D eigenvalue weighted by atomic mass is 10.3. The van der Waals surface area contributed by atoms with Crippen molar-refractivity contribution < 1.29 is 9.62 Å². The van der Waals surface area contributed by atoms with Gasteiger partial charge >= 0.3 is 0 Å². The average Bonchev–Trinajstić information content (AvgIpc) is 2.59. The van der Waals surface area contributed by atoms with Gasteiger partial charge in [0.15, 0.2) is 5.76 Å². The lowest BCUT2D eigenvalue weighted by Crippen LogP contribution is -2.11. The molecular weight excluding hydrogens is 170 g/mol. The molecule has 0 fully saturated rings. The summed E-state index contributed by atoms with van der Waals surface area (Å²) >= 11 is 0. The van der Waals surface area contributed by atoms with Crippen LogP contribution in [0.3, 0.4) is 0 Å². The summed E-state index contributed by atoms with van der Waals surface area (Å²) in [6.07, 6.45) is 3.26. The number of pyridine rings is 1. The molecule has 0 aliphatic rings. The Balaban J connectivity index is 2.62. The Morgan fingerprint density at radius 2 is 2.46 bits per heavy atom. The first-order valence-electron chi connectivity index (χ1n) is 3.62. The van der Waals surface area contributed by atoms with Gasteiger partial charge in [0, 0.05) is 17.8 Å². The normalized spacial score (nSPS) is 12.2. The van der Waals surface area contributed by atoms with Crippen molar-refractivity contribution in [2.45, 2.75) is 0 Å². The first-order valence-corrected chi connectivity index (χ1v) is 3.62. The molecule has 0 unspecified atom stereocenters. The molecule has 0 radical (unpaired) electrons. The molecule has 0 atom stereocenters. The topological polar surface area (TPSA) is 84.6 Å². The molecule has 0 saturated carbocycles. The van der Waals surface area contributed by atoms with E-state index in [1.165, 1.54) is 0 Å². The van der Waals surface area contributed by atoms with Gasteiger partial charge in [0.1, 0.15) is 5.58 Å². The van der Waals surface area contributed by atoms with E-state index in [1.807, 2.05) is 0 Å². The van der Waals surface area contributed by atoms with Crippen molar-refractivity contribution in [1.29, 1.82) is 0 Å². The summed E-state index contributed by atoms with van der Waals surface area (Å²) in [5.74, 6) is 0.293. The predicted octanol–water partition coefficient (Wildman–Crippen LogP) is 0.922. The Bertz CT molecular complexity index is 428. The minimum atomic E-state index is -0.0452. The van der Waals surface area contributed by atoms with Crippen LogP contribution in [0, 0.1) is 0 Å². The minimum Gasteiger partial charge on any atom is -0.453 e. The fourth-order valence-corrected chi connectivity index (χ4v) is 1.06. The molecule has 0 amide bonds. The average molecular weight is 177 g/mol. The Morgan fingerprint density at radius 1 is 1.62 bits per heavy atom. The van der Waals surface area contributed by atoms with Gasteiger partial charge in [-0.15, -0.1) is 0 Å². The second kappa shape index (κ2) is 2.78. The summed E-state index contributed by atoms with van der Waals surface area (Å²) in [4.78, 5) is 3.91. The first kappa shape index (κ1) is 7.60. The molecule has 2 rings (SSSR count). The van der Waals surface area contributed by atoms with Crippen LogP contribution in [0.4, 0.5) is 0 Å². The quantitative estimate of drug-likeness (QED) is 0.293. The largest absolute Gasteiger partial charge is 0.453 e. The number of rotatable bonds is 1. The van der Waals surface area contributed by atoms with Crippen LogP contribution in [0.1, 0.15) is 5.76 Å². The summed E-state index contributed by atoms with van der Waals surface area (Å²) in [6, 6.07) is 3.38. The lowest BCUT2D eigenvalue weighted by molar-refractivity contribution is 0.317. The molecule has 2 aromatic heterocycles. The zero-order valence-electron chi connectivity index (χ0n) is 6.64. The molecule has 0 aliphatic heterocycles. The molecule has 2 aromatic rings. The van der Waals surface area contributed by atoms with Crippen LogP contribution in [-0.4, -0.2) is 16.0 Å². The highest BCUT2D eigenvalue weighted by atomic mass is 16.4. The Kier molecular flexibility index (Phi) is 1.63. The maximum absolute atomic E-state index is 8.40. The van der Waals surface area contributed by atoms with Crippen molar-refractivity contribution in [2.24, 2.45) is 10.9 Å². The molecule has 0 aliphatic carbocycles. The zero-order valence-corrected chi connectivity index (χ0v) is 6.64. The molecule has 0 spiro atoms. The van der Waals surface area contributed by atoms with Gasteiger partial charge in [-0.2, -0.15) is 0 Å². The smallest absolute Gasteiger partial charge is 0.205 e.